The highest BCUT2D eigenvalue weighted by Gasteiger charge is 2.46. The van der Waals surface area contributed by atoms with Gasteiger partial charge in [0.2, 0.25) is 5.79 Å². The van der Waals surface area contributed by atoms with E-state index in [0.717, 1.165) is 0 Å². The second-order valence-corrected chi connectivity index (χ2v) is 2.22. The summed E-state index contributed by atoms with van der Waals surface area (Å²) in [7, 11) is 0. The molecule has 0 saturated carbocycles. The topological polar surface area (TPSA) is 87.0 Å². The molecule has 5 nitrogen and oxygen atoms in total. The number of hydrogen-bond donors (Lipinski definition) is 3. The standard InChI is InChI=1S/C5H8O5/c6-2-3-5(8,9)1-4(7)10-3/h3,6,8-9H,1-2H2. The molecule has 1 aliphatic rings. The van der Waals surface area contributed by atoms with Crippen LogP contribution in [0.2, 0.25) is 0 Å². The fourth-order valence-electron chi connectivity index (χ4n) is 0.804. The van der Waals surface area contributed by atoms with Crippen LogP contribution < -0.4 is 0 Å². The summed E-state index contributed by atoms with van der Waals surface area (Å²) in [6.07, 6.45) is -1.67. The number of ether oxygens (including phenoxy) is 1. The average Bonchev–Trinajstić information content (AvgIpc) is 2.04. The number of esters is 1. The SMILES string of the molecule is O=C1CC(O)(O)C(CO)O1. The van der Waals surface area contributed by atoms with E-state index in [1.54, 1.807) is 0 Å². The van der Waals surface area contributed by atoms with Crippen molar-refractivity contribution >= 4 is 5.97 Å². The maximum absolute atomic E-state index is 10.4. The van der Waals surface area contributed by atoms with Crippen molar-refractivity contribution in [1.29, 1.82) is 0 Å². The van der Waals surface area contributed by atoms with Crippen molar-refractivity contribution in [3.8, 4) is 0 Å². The van der Waals surface area contributed by atoms with Gasteiger partial charge in [-0.25, -0.2) is 0 Å². The first-order valence-corrected chi connectivity index (χ1v) is 2.81. The minimum absolute atomic E-state index is 0.474. The molecule has 1 fully saturated rings. The van der Waals surface area contributed by atoms with Crippen LogP contribution >= 0.6 is 0 Å². The summed E-state index contributed by atoms with van der Waals surface area (Å²) in [6, 6.07) is 0. The molecule has 1 unspecified atom stereocenters. The summed E-state index contributed by atoms with van der Waals surface area (Å²) >= 11 is 0. The molecular formula is C5H8O5. The molecule has 0 aromatic rings. The van der Waals surface area contributed by atoms with Crippen LogP contribution in [0.15, 0.2) is 0 Å². The van der Waals surface area contributed by atoms with Gasteiger partial charge in [-0.1, -0.05) is 0 Å². The molecule has 3 N–H and O–H groups in total. The van der Waals surface area contributed by atoms with E-state index in [9.17, 15) is 4.79 Å². The normalized spacial score (nSPS) is 30.3. The molecule has 1 heterocycles. The van der Waals surface area contributed by atoms with Gasteiger partial charge in [-0.2, -0.15) is 0 Å². The highest BCUT2D eigenvalue weighted by molar-refractivity contribution is 5.73. The molecule has 1 rings (SSSR count). The highest BCUT2D eigenvalue weighted by atomic mass is 16.6. The minimum atomic E-state index is -2.19. The maximum atomic E-state index is 10.4. The number of hydrogen-bond acceptors (Lipinski definition) is 5. The van der Waals surface area contributed by atoms with Crippen LogP contribution in [-0.2, 0) is 9.53 Å². The van der Waals surface area contributed by atoms with Crippen LogP contribution in [0.25, 0.3) is 0 Å². The minimum Gasteiger partial charge on any atom is -0.454 e. The van der Waals surface area contributed by atoms with E-state index >= 15 is 0 Å². The third-order valence-corrected chi connectivity index (χ3v) is 1.36. The molecule has 0 radical (unpaired) electrons. The summed E-state index contributed by atoms with van der Waals surface area (Å²) in [5.74, 6) is -2.89. The Morgan fingerprint density at radius 1 is 1.70 bits per heavy atom. The van der Waals surface area contributed by atoms with Gasteiger partial charge < -0.3 is 20.1 Å². The Morgan fingerprint density at radius 3 is 2.50 bits per heavy atom. The van der Waals surface area contributed by atoms with Crippen LogP contribution in [0.4, 0.5) is 0 Å². The Labute approximate surface area is 56.9 Å². The molecule has 5 heteroatoms. The monoisotopic (exact) mass is 148 g/mol. The molecule has 58 valence electrons. The third-order valence-electron chi connectivity index (χ3n) is 1.36. The molecule has 0 aromatic heterocycles. The zero-order chi connectivity index (χ0) is 7.78. The lowest BCUT2D eigenvalue weighted by Gasteiger charge is -2.17. The first-order chi connectivity index (χ1) is 4.56. The quantitative estimate of drug-likeness (QED) is 0.295. The Kier molecular flexibility index (Phi) is 1.63. The van der Waals surface area contributed by atoms with Gasteiger partial charge in [-0.3, -0.25) is 4.79 Å². The largest absolute Gasteiger partial charge is 0.454 e. The van der Waals surface area contributed by atoms with Gasteiger partial charge in [0.15, 0.2) is 6.10 Å². The zero-order valence-corrected chi connectivity index (χ0v) is 5.15. The number of carbonyl (C=O) groups excluding carboxylic acids is 1. The number of rotatable bonds is 1. The Morgan fingerprint density at radius 2 is 2.30 bits per heavy atom. The lowest BCUT2D eigenvalue weighted by Crippen LogP contribution is -2.40. The number of aliphatic hydroxyl groups is 3. The summed E-state index contributed by atoms with van der Waals surface area (Å²) in [4.78, 5) is 10.4. The Bertz CT molecular complexity index is 152. The van der Waals surface area contributed by atoms with Gasteiger partial charge >= 0.3 is 5.97 Å². The summed E-state index contributed by atoms with van der Waals surface area (Å²) in [5, 5.41) is 26.2. The van der Waals surface area contributed by atoms with Crippen molar-refractivity contribution in [2.45, 2.75) is 18.3 Å². The Hall–Kier alpha value is -0.650. The van der Waals surface area contributed by atoms with Crippen LogP contribution in [0.5, 0.6) is 0 Å². The van der Waals surface area contributed by atoms with Crippen molar-refractivity contribution in [3.05, 3.63) is 0 Å². The second-order valence-electron chi connectivity index (χ2n) is 2.22. The van der Waals surface area contributed by atoms with Crippen molar-refractivity contribution in [2.24, 2.45) is 0 Å². The number of cyclic esters (lactones) is 1. The first kappa shape index (κ1) is 7.46. The van der Waals surface area contributed by atoms with E-state index in [1.165, 1.54) is 0 Å². The van der Waals surface area contributed by atoms with E-state index in [2.05, 4.69) is 4.74 Å². The van der Waals surface area contributed by atoms with Gasteiger partial charge in [0, 0.05) is 0 Å². The predicted octanol–water partition coefficient (Wildman–Crippen LogP) is -2.02. The van der Waals surface area contributed by atoms with E-state index in [1.807, 2.05) is 0 Å². The van der Waals surface area contributed by atoms with Crippen LogP contribution in [0.3, 0.4) is 0 Å². The van der Waals surface area contributed by atoms with E-state index in [4.69, 9.17) is 15.3 Å². The lowest BCUT2D eigenvalue weighted by atomic mass is 10.1. The number of carbonyl (C=O) groups is 1. The van der Waals surface area contributed by atoms with Gasteiger partial charge in [-0.15, -0.1) is 0 Å². The fraction of sp³-hybridized carbons (Fsp3) is 0.800. The second kappa shape index (κ2) is 2.19. The third kappa shape index (κ3) is 1.11. The summed E-state index contributed by atoms with van der Waals surface area (Å²) in [5.41, 5.74) is 0. The fourth-order valence-corrected chi connectivity index (χ4v) is 0.804. The predicted molar refractivity (Wildman–Crippen MR) is 28.8 cm³/mol. The molecule has 1 atom stereocenters. The van der Waals surface area contributed by atoms with Crippen LogP contribution in [-0.4, -0.2) is 39.8 Å². The molecule has 0 bridgehead atoms. The van der Waals surface area contributed by atoms with E-state index in [-0.39, 0.29) is 0 Å². The van der Waals surface area contributed by atoms with Crippen LogP contribution in [0, 0.1) is 0 Å². The van der Waals surface area contributed by atoms with Gasteiger partial charge in [0.05, 0.1) is 6.61 Å². The number of aliphatic hydroxyl groups excluding tert-OH is 1. The summed E-state index contributed by atoms with van der Waals surface area (Å²) < 4.78 is 4.34. The maximum Gasteiger partial charge on any atom is 0.311 e. The van der Waals surface area contributed by atoms with E-state index in [0.29, 0.717) is 0 Å². The highest BCUT2D eigenvalue weighted by Crippen LogP contribution is 2.23. The van der Waals surface area contributed by atoms with Crippen molar-refractivity contribution in [1.82, 2.24) is 0 Å². The summed E-state index contributed by atoms with van der Waals surface area (Å²) in [6.45, 7) is -0.571. The van der Waals surface area contributed by atoms with E-state index < -0.39 is 30.9 Å². The van der Waals surface area contributed by atoms with Gasteiger partial charge in [-0.05, 0) is 0 Å². The average molecular weight is 148 g/mol. The van der Waals surface area contributed by atoms with Crippen molar-refractivity contribution in [3.63, 3.8) is 0 Å². The molecule has 0 aromatic carbocycles. The zero-order valence-electron chi connectivity index (χ0n) is 5.15. The van der Waals surface area contributed by atoms with Crippen molar-refractivity contribution in [2.75, 3.05) is 6.61 Å². The van der Waals surface area contributed by atoms with Crippen molar-refractivity contribution < 1.29 is 24.9 Å². The molecule has 0 aliphatic carbocycles. The van der Waals surface area contributed by atoms with Crippen LogP contribution in [0.1, 0.15) is 6.42 Å². The smallest absolute Gasteiger partial charge is 0.311 e. The molecule has 1 aliphatic heterocycles. The Balaban J connectivity index is 2.67. The van der Waals surface area contributed by atoms with Gasteiger partial charge in [0.1, 0.15) is 6.42 Å². The molecule has 10 heavy (non-hydrogen) atoms. The van der Waals surface area contributed by atoms with Gasteiger partial charge in [0.25, 0.3) is 0 Å². The molecule has 0 spiro atoms. The molecule has 0 amide bonds. The lowest BCUT2D eigenvalue weighted by molar-refractivity contribution is -0.201. The molecule has 1 saturated heterocycles. The first-order valence-electron chi connectivity index (χ1n) is 2.81. The molecular weight excluding hydrogens is 140 g/mol.